The number of benzene rings is 3. The van der Waals surface area contributed by atoms with E-state index in [9.17, 15) is 0 Å². The first kappa shape index (κ1) is 13.5. The van der Waals surface area contributed by atoms with Gasteiger partial charge in [-0.3, -0.25) is 0 Å². The maximum atomic E-state index is 5.92. The van der Waals surface area contributed by atoms with Crippen molar-refractivity contribution in [3.8, 4) is 11.1 Å². The fourth-order valence-corrected chi connectivity index (χ4v) is 3.72. The quantitative estimate of drug-likeness (QED) is 0.641. The van der Waals surface area contributed by atoms with Crippen molar-refractivity contribution in [3.63, 3.8) is 0 Å². The molecule has 0 amide bonds. The Morgan fingerprint density at radius 2 is 1.45 bits per heavy atom. The maximum absolute atomic E-state index is 5.92. The Kier molecular flexibility index (Phi) is 2.86. The third-order valence-electron chi connectivity index (χ3n) is 4.76. The monoisotopic (exact) mass is 290 g/mol. The van der Waals surface area contributed by atoms with E-state index in [0.29, 0.717) is 0 Å². The molecule has 0 bridgehead atoms. The highest BCUT2D eigenvalue weighted by molar-refractivity contribution is 6.04. The number of aryl methyl sites for hydroxylation is 1. The Morgan fingerprint density at radius 1 is 0.727 bits per heavy atom. The average Bonchev–Trinajstić information content (AvgIpc) is 2.58. The van der Waals surface area contributed by atoms with Crippen LogP contribution in [0.25, 0.3) is 21.9 Å². The first-order chi connectivity index (χ1) is 10.7. The van der Waals surface area contributed by atoms with E-state index in [1.165, 1.54) is 27.5 Å². The Hall–Kier alpha value is -2.16. The van der Waals surface area contributed by atoms with E-state index in [1.54, 1.807) is 14.2 Å². The normalized spacial score (nSPS) is 14.9. The second-order valence-electron chi connectivity index (χ2n) is 5.73. The number of ether oxygens (including phenoxy) is 2. The topological polar surface area (TPSA) is 18.5 Å². The van der Waals surface area contributed by atoms with Gasteiger partial charge < -0.3 is 9.47 Å². The zero-order valence-electron chi connectivity index (χ0n) is 13.0. The van der Waals surface area contributed by atoms with E-state index >= 15 is 0 Å². The molecule has 0 radical (unpaired) electrons. The van der Waals surface area contributed by atoms with Crippen molar-refractivity contribution >= 4 is 10.8 Å². The summed E-state index contributed by atoms with van der Waals surface area (Å²) >= 11 is 0. The van der Waals surface area contributed by atoms with Crippen molar-refractivity contribution in [2.45, 2.75) is 12.7 Å². The number of hydrogen-bond acceptors (Lipinski definition) is 2. The molecular weight excluding hydrogens is 272 g/mol. The standard InChI is InChI=1S/C20H18O2/c1-13-11-12-18-19-14(13)8-6-9-16(19)15-7-4-5-10-17(15)20(18,21-2)22-3/h4-12H,1-3H3. The first-order valence-corrected chi connectivity index (χ1v) is 7.46. The van der Waals surface area contributed by atoms with E-state index in [1.807, 2.05) is 6.07 Å². The molecule has 1 aliphatic carbocycles. The summed E-state index contributed by atoms with van der Waals surface area (Å²) in [5.41, 5.74) is 5.82. The summed E-state index contributed by atoms with van der Waals surface area (Å²) in [6.45, 7) is 2.14. The van der Waals surface area contributed by atoms with Crippen LogP contribution in [0.4, 0.5) is 0 Å². The molecular formula is C20H18O2. The van der Waals surface area contributed by atoms with Gasteiger partial charge >= 0.3 is 0 Å². The van der Waals surface area contributed by atoms with Gasteiger partial charge in [0.05, 0.1) is 0 Å². The average molecular weight is 290 g/mol. The van der Waals surface area contributed by atoms with Crippen LogP contribution >= 0.6 is 0 Å². The highest BCUT2D eigenvalue weighted by atomic mass is 16.7. The lowest BCUT2D eigenvalue weighted by atomic mass is 9.79. The molecule has 0 fully saturated rings. The van der Waals surface area contributed by atoms with Gasteiger partial charge in [0.15, 0.2) is 0 Å². The number of rotatable bonds is 2. The largest absolute Gasteiger partial charge is 0.346 e. The van der Waals surface area contributed by atoms with Crippen LogP contribution in [0.5, 0.6) is 0 Å². The van der Waals surface area contributed by atoms with Crippen LogP contribution in [-0.4, -0.2) is 14.2 Å². The Bertz CT molecular complexity index is 876. The van der Waals surface area contributed by atoms with Gasteiger partial charge in [-0.2, -0.15) is 0 Å². The van der Waals surface area contributed by atoms with Crippen molar-refractivity contribution in [1.29, 1.82) is 0 Å². The number of fused-ring (bicyclic) bond motifs is 2. The highest BCUT2D eigenvalue weighted by Gasteiger charge is 2.41. The molecule has 0 N–H and O–H groups in total. The molecule has 3 aromatic rings. The molecule has 0 aliphatic heterocycles. The van der Waals surface area contributed by atoms with Crippen molar-refractivity contribution in [1.82, 2.24) is 0 Å². The van der Waals surface area contributed by atoms with Crippen LogP contribution in [0.1, 0.15) is 16.7 Å². The van der Waals surface area contributed by atoms with E-state index in [-0.39, 0.29) is 0 Å². The predicted molar refractivity (Wildman–Crippen MR) is 88.9 cm³/mol. The molecule has 4 rings (SSSR count). The third kappa shape index (κ3) is 1.51. The lowest BCUT2D eigenvalue weighted by Crippen LogP contribution is -2.35. The summed E-state index contributed by atoms with van der Waals surface area (Å²) in [7, 11) is 3.42. The van der Waals surface area contributed by atoms with Crippen LogP contribution in [0.15, 0.2) is 54.6 Å². The van der Waals surface area contributed by atoms with Crippen molar-refractivity contribution < 1.29 is 9.47 Å². The zero-order valence-corrected chi connectivity index (χ0v) is 13.0. The van der Waals surface area contributed by atoms with Gasteiger partial charge in [-0.15, -0.1) is 0 Å². The van der Waals surface area contributed by atoms with Crippen molar-refractivity contribution in [2.24, 2.45) is 0 Å². The maximum Gasteiger partial charge on any atom is 0.223 e. The minimum Gasteiger partial charge on any atom is -0.346 e. The molecule has 2 nitrogen and oxygen atoms in total. The summed E-state index contributed by atoms with van der Waals surface area (Å²) < 4.78 is 11.8. The first-order valence-electron chi connectivity index (χ1n) is 7.46. The second kappa shape index (κ2) is 4.67. The second-order valence-corrected chi connectivity index (χ2v) is 5.73. The fraction of sp³-hybridized carbons (Fsp3) is 0.200. The molecule has 3 aromatic carbocycles. The fourth-order valence-electron chi connectivity index (χ4n) is 3.72. The van der Waals surface area contributed by atoms with Crippen LogP contribution in [0.3, 0.4) is 0 Å². The van der Waals surface area contributed by atoms with E-state index in [4.69, 9.17) is 9.47 Å². The molecule has 22 heavy (non-hydrogen) atoms. The highest BCUT2D eigenvalue weighted by Crippen LogP contribution is 2.49. The summed E-state index contributed by atoms with van der Waals surface area (Å²) in [6.07, 6.45) is 0. The van der Waals surface area contributed by atoms with E-state index in [0.717, 1.165) is 11.1 Å². The van der Waals surface area contributed by atoms with Gasteiger partial charge in [-0.1, -0.05) is 54.6 Å². The molecule has 0 saturated carbocycles. The van der Waals surface area contributed by atoms with Crippen LogP contribution in [0, 0.1) is 6.92 Å². The third-order valence-corrected chi connectivity index (χ3v) is 4.76. The smallest absolute Gasteiger partial charge is 0.223 e. The van der Waals surface area contributed by atoms with Crippen LogP contribution in [-0.2, 0) is 15.3 Å². The molecule has 0 atom stereocenters. The molecule has 110 valence electrons. The molecule has 0 heterocycles. The SMILES string of the molecule is COC1(OC)c2ccccc2-c2cccc3c(C)ccc1c23. The van der Waals surface area contributed by atoms with Crippen molar-refractivity contribution in [2.75, 3.05) is 14.2 Å². The summed E-state index contributed by atoms with van der Waals surface area (Å²) in [5, 5.41) is 2.48. The number of hydrogen-bond donors (Lipinski definition) is 0. The molecule has 0 spiro atoms. The van der Waals surface area contributed by atoms with Crippen LogP contribution < -0.4 is 0 Å². The Balaban J connectivity index is 2.27. The van der Waals surface area contributed by atoms with Gasteiger partial charge in [-0.25, -0.2) is 0 Å². The summed E-state index contributed by atoms with van der Waals surface area (Å²) in [4.78, 5) is 0. The van der Waals surface area contributed by atoms with E-state index < -0.39 is 5.79 Å². The van der Waals surface area contributed by atoms with E-state index in [2.05, 4.69) is 55.5 Å². The predicted octanol–water partition coefficient (Wildman–Crippen LogP) is 4.62. The van der Waals surface area contributed by atoms with Crippen molar-refractivity contribution in [3.05, 3.63) is 71.3 Å². The molecule has 2 heteroatoms. The summed E-state index contributed by atoms with van der Waals surface area (Å²) in [6, 6.07) is 19.1. The summed E-state index contributed by atoms with van der Waals surface area (Å²) in [5.74, 6) is -0.850. The minimum absolute atomic E-state index is 0.850. The van der Waals surface area contributed by atoms with Gasteiger partial charge in [0.2, 0.25) is 5.79 Å². The number of methoxy groups -OCH3 is 2. The Labute approximate surface area is 130 Å². The lowest BCUT2D eigenvalue weighted by Gasteiger charge is -2.38. The Morgan fingerprint density at radius 3 is 2.23 bits per heavy atom. The molecule has 0 unspecified atom stereocenters. The molecule has 0 saturated heterocycles. The van der Waals surface area contributed by atoms with Gasteiger partial charge in [0, 0.05) is 25.3 Å². The minimum atomic E-state index is -0.850. The van der Waals surface area contributed by atoms with Gasteiger partial charge in [-0.05, 0) is 34.4 Å². The zero-order chi connectivity index (χ0) is 15.3. The van der Waals surface area contributed by atoms with Gasteiger partial charge in [0.25, 0.3) is 0 Å². The molecule has 0 aromatic heterocycles. The van der Waals surface area contributed by atoms with Gasteiger partial charge in [0.1, 0.15) is 0 Å². The molecule has 1 aliphatic rings. The lowest BCUT2D eigenvalue weighted by molar-refractivity contribution is -0.182. The van der Waals surface area contributed by atoms with Crippen LogP contribution in [0.2, 0.25) is 0 Å².